The first kappa shape index (κ1) is 13.3. The fraction of sp³-hybridized carbons (Fsp3) is 0.600. The van der Waals surface area contributed by atoms with Crippen molar-refractivity contribution >= 4 is 12.0 Å². The summed E-state index contributed by atoms with van der Waals surface area (Å²) in [6.45, 7) is 3.75. The highest BCUT2D eigenvalue weighted by Gasteiger charge is 2.17. The van der Waals surface area contributed by atoms with E-state index in [2.05, 4.69) is 22.5 Å². The Morgan fingerprint density at radius 1 is 1.47 bits per heavy atom. The normalized spacial score (nSPS) is 10.8. The van der Waals surface area contributed by atoms with E-state index in [1.807, 2.05) is 6.92 Å². The Balaban J connectivity index is 3.97. The number of amides is 2. The number of carbonyl (C=O) groups is 2. The Labute approximate surface area is 89.2 Å². The molecule has 0 bridgehead atoms. The van der Waals surface area contributed by atoms with Gasteiger partial charge in [0.15, 0.2) is 0 Å². The monoisotopic (exact) mass is 212 g/mol. The highest BCUT2D eigenvalue weighted by molar-refractivity contribution is 5.82. The Morgan fingerprint density at radius 3 is 2.60 bits per heavy atom. The van der Waals surface area contributed by atoms with E-state index in [9.17, 15) is 9.59 Å². The lowest BCUT2D eigenvalue weighted by Crippen LogP contribution is -2.46. The average Bonchev–Trinajstić information content (AvgIpc) is 2.17. The van der Waals surface area contributed by atoms with Crippen LogP contribution in [0.2, 0.25) is 0 Å². The van der Waals surface area contributed by atoms with Crippen LogP contribution in [-0.4, -0.2) is 29.7 Å². The Hall–Kier alpha value is -1.70. The van der Waals surface area contributed by atoms with Crippen LogP contribution < -0.4 is 10.6 Å². The highest BCUT2D eigenvalue weighted by Crippen LogP contribution is 1.96. The second-order valence-corrected chi connectivity index (χ2v) is 2.93. The molecule has 0 saturated carbocycles. The summed E-state index contributed by atoms with van der Waals surface area (Å²) in [5.41, 5.74) is 0. The smallest absolute Gasteiger partial charge is 0.326 e. The van der Waals surface area contributed by atoms with E-state index < -0.39 is 18.0 Å². The number of urea groups is 1. The lowest BCUT2D eigenvalue weighted by molar-refractivity contribution is -0.139. The number of rotatable bonds is 5. The van der Waals surface area contributed by atoms with Crippen molar-refractivity contribution in [2.45, 2.75) is 32.7 Å². The summed E-state index contributed by atoms with van der Waals surface area (Å²) in [6.07, 6.45) is 1.12. The maximum atomic E-state index is 11.2. The number of aliphatic carboxylic acids is 1. The van der Waals surface area contributed by atoms with Crippen LogP contribution in [0.4, 0.5) is 4.79 Å². The summed E-state index contributed by atoms with van der Waals surface area (Å²) >= 11 is 0. The Bertz CT molecular complexity index is 278. The van der Waals surface area contributed by atoms with Crippen LogP contribution in [0.15, 0.2) is 0 Å². The number of hydrogen-bond acceptors (Lipinski definition) is 2. The zero-order chi connectivity index (χ0) is 11.7. The molecule has 0 aromatic heterocycles. The van der Waals surface area contributed by atoms with Gasteiger partial charge in [-0.1, -0.05) is 19.3 Å². The Morgan fingerprint density at radius 2 is 2.13 bits per heavy atom. The third-order valence-corrected chi connectivity index (χ3v) is 1.69. The van der Waals surface area contributed by atoms with Crippen molar-refractivity contribution in [3.63, 3.8) is 0 Å². The number of carboxylic acids is 1. The highest BCUT2D eigenvalue weighted by atomic mass is 16.4. The molecule has 0 aliphatic carbocycles. The predicted molar refractivity (Wildman–Crippen MR) is 56.3 cm³/mol. The first-order valence-corrected chi connectivity index (χ1v) is 4.78. The topological polar surface area (TPSA) is 78.4 Å². The van der Waals surface area contributed by atoms with Crippen molar-refractivity contribution < 1.29 is 14.7 Å². The third-order valence-electron chi connectivity index (χ3n) is 1.69. The van der Waals surface area contributed by atoms with E-state index in [4.69, 9.17) is 5.11 Å². The van der Waals surface area contributed by atoms with Crippen molar-refractivity contribution in [1.29, 1.82) is 0 Å². The molecule has 0 aliphatic heterocycles. The van der Waals surface area contributed by atoms with Gasteiger partial charge in [0, 0.05) is 0 Å². The molecule has 0 unspecified atom stereocenters. The van der Waals surface area contributed by atoms with Gasteiger partial charge in [0.25, 0.3) is 0 Å². The van der Waals surface area contributed by atoms with Crippen molar-refractivity contribution in [2.24, 2.45) is 0 Å². The van der Waals surface area contributed by atoms with Crippen LogP contribution in [-0.2, 0) is 4.79 Å². The molecule has 5 heteroatoms. The van der Waals surface area contributed by atoms with E-state index in [0.29, 0.717) is 12.8 Å². The molecule has 0 aliphatic rings. The second kappa shape index (κ2) is 7.68. The van der Waals surface area contributed by atoms with Gasteiger partial charge >= 0.3 is 12.0 Å². The zero-order valence-electron chi connectivity index (χ0n) is 8.96. The van der Waals surface area contributed by atoms with Gasteiger partial charge in [-0.15, -0.1) is 5.92 Å². The molecule has 15 heavy (non-hydrogen) atoms. The van der Waals surface area contributed by atoms with Gasteiger partial charge in [0.1, 0.15) is 6.04 Å². The first-order valence-electron chi connectivity index (χ1n) is 4.78. The molecule has 0 radical (unpaired) electrons. The van der Waals surface area contributed by atoms with Crippen LogP contribution in [0.3, 0.4) is 0 Å². The number of hydrogen-bond donors (Lipinski definition) is 3. The maximum Gasteiger partial charge on any atom is 0.326 e. The van der Waals surface area contributed by atoms with E-state index in [-0.39, 0.29) is 6.54 Å². The molecule has 0 fully saturated rings. The minimum atomic E-state index is -1.02. The summed E-state index contributed by atoms with van der Waals surface area (Å²) in [5.74, 6) is 4.24. The van der Waals surface area contributed by atoms with Crippen LogP contribution >= 0.6 is 0 Å². The summed E-state index contributed by atoms with van der Waals surface area (Å²) < 4.78 is 0. The molecule has 3 N–H and O–H groups in total. The average molecular weight is 212 g/mol. The van der Waals surface area contributed by atoms with Gasteiger partial charge < -0.3 is 15.7 Å². The largest absolute Gasteiger partial charge is 0.480 e. The zero-order valence-corrected chi connectivity index (χ0v) is 8.96. The van der Waals surface area contributed by atoms with Crippen LogP contribution in [0.5, 0.6) is 0 Å². The molecular weight excluding hydrogens is 196 g/mol. The molecule has 2 amide bonds. The van der Waals surface area contributed by atoms with Crippen molar-refractivity contribution in [1.82, 2.24) is 10.6 Å². The molecule has 0 aromatic rings. The van der Waals surface area contributed by atoms with Gasteiger partial charge in [-0.05, 0) is 13.3 Å². The van der Waals surface area contributed by atoms with Crippen molar-refractivity contribution in [3.05, 3.63) is 0 Å². The van der Waals surface area contributed by atoms with Crippen molar-refractivity contribution in [2.75, 3.05) is 6.54 Å². The first-order chi connectivity index (χ1) is 7.11. The predicted octanol–water partition coefficient (Wildman–Crippen LogP) is 0.562. The van der Waals surface area contributed by atoms with Crippen LogP contribution in [0.25, 0.3) is 0 Å². The molecule has 5 nitrogen and oxygen atoms in total. The molecular formula is C10H16N2O3. The minimum absolute atomic E-state index is 0.223. The van der Waals surface area contributed by atoms with E-state index >= 15 is 0 Å². The molecule has 1 atom stereocenters. The van der Waals surface area contributed by atoms with E-state index in [1.54, 1.807) is 6.92 Å². The van der Waals surface area contributed by atoms with Gasteiger partial charge in [0.2, 0.25) is 0 Å². The molecule has 0 saturated heterocycles. The fourth-order valence-electron chi connectivity index (χ4n) is 0.968. The van der Waals surface area contributed by atoms with Gasteiger partial charge in [-0.3, -0.25) is 0 Å². The lowest BCUT2D eigenvalue weighted by Gasteiger charge is -2.13. The maximum absolute atomic E-state index is 11.2. The molecule has 0 spiro atoms. The standard InChI is InChI=1S/C10H16N2O3/c1-3-5-7-11-10(15)12-8(6-4-2)9(13)14/h8H,4,6-7H2,1-2H3,(H,13,14)(H2,11,12,15)/t8-/m0/s1. The minimum Gasteiger partial charge on any atom is -0.480 e. The van der Waals surface area contributed by atoms with E-state index in [1.165, 1.54) is 0 Å². The molecule has 0 heterocycles. The van der Waals surface area contributed by atoms with Gasteiger partial charge in [-0.2, -0.15) is 0 Å². The SMILES string of the molecule is CC#CCNC(=O)N[C@@H](CCC)C(=O)O. The third kappa shape index (κ3) is 6.38. The van der Waals surface area contributed by atoms with Crippen LogP contribution in [0, 0.1) is 11.8 Å². The van der Waals surface area contributed by atoms with Crippen molar-refractivity contribution in [3.8, 4) is 11.8 Å². The van der Waals surface area contributed by atoms with Gasteiger partial charge in [-0.25, -0.2) is 9.59 Å². The summed E-state index contributed by atoms with van der Waals surface area (Å²) in [6, 6.07) is -1.33. The summed E-state index contributed by atoms with van der Waals surface area (Å²) in [4.78, 5) is 21.8. The second-order valence-electron chi connectivity index (χ2n) is 2.93. The number of nitrogens with one attached hydrogen (secondary N) is 2. The summed E-state index contributed by atoms with van der Waals surface area (Å²) in [5, 5.41) is 13.6. The summed E-state index contributed by atoms with van der Waals surface area (Å²) in [7, 11) is 0. The van der Waals surface area contributed by atoms with E-state index in [0.717, 1.165) is 0 Å². The van der Waals surface area contributed by atoms with Gasteiger partial charge in [0.05, 0.1) is 6.54 Å². The fourth-order valence-corrected chi connectivity index (χ4v) is 0.968. The lowest BCUT2D eigenvalue weighted by atomic mass is 10.2. The number of carbonyl (C=O) groups excluding carboxylic acids is 1. The quantitative estimate of drug-likeness (QED) is 0.583. The Kier molecular flexibility index (Phi) is 6.81. The molecule has 84 valence electrons. The molecule has 0 rings (SSSR count). The number of carboxylic acid groups (broad SMARTS) is 1. The van der Waals surface area contributed by atoms with Crippen LogP contribution in [0.1, 0.15) is 26.7 Å². The molecule has 0 aromatic carbocycles.